The Labute approximate surface area is 176 Å². The molecule has 0 spiro atoms. The third kappa shape index (κ3) is 3.93. The van der Waals surface area contributed by atoms with Gasteiger partial charge in [0.2, 0.25) is 0 Å². The number of nitrogens with zero attached hydrogens (tertiary/aromatic N) is 4. The normalized spacial score (nSPS) is 17.8. The summed E-state index contributed by atoms with van der Waals surface area (Å²) < 4.78 is 5.53. The van der Waals surface area contributed by atoms with Gasteiger partial charge in [0.25, 0.3) is 11.8 Å². The maximum absolute atomic E-state index is 13.4. The summed E-state index contributed by atoms with van der Waals surface area (Å²) in [7, 11) is 2.06. The molecule has 1 saturated heterocycles. The van der Waals surface area contributed by atoms with E-state index in [-0.39, 0.29) is 18.4 Å². The third-order valence-corrected chi connectivity index (χ3v) is 5.48. The number of ether oxygens (including phenoxy) is 1. The number of benzene rings is 1. The van der Waals surface area contributed by atoms with E-state index in [0.717, 1.165) is 30.0 Å². The maximum atomic E-state index is 13.4. The second-order valence-electron chi connectivity index (χ2n) is 7.53. The van der Waals surface area contributed by atoms with Gasteiger partial charge in [0, 0.05) is 38.6 Å². The average molecular weight is 406 g/mol. The van der Waals surface area contributed by atoms with Gasteiger partial charge in [0.1, 0.15) is 11.4 Å². The van der Waals surface area contributed by atoms with Gasteiger partial charge in [-0.05, 0) is 43.3 Å². The lowest BCUT2D eigenvalue weighted by Crippen LogP contribution is -2.46. The molecule has 156 valence electrons. The number of rotatable bonds is 6. The number of hydrogen-bond acceptors (Lipinski definition) is 6. The summed E-state index contributed by atoms with van der Waals surface area (Å²) >= 11 is 0. The number of hydrogen-bond donors (Lipinski definition) is 0. The van der Waals surface area contributed by atoms with Crippen LogP contribution in [-0.4, -0.2) is 71.3 Å². The Balaban J connectivity index is 1.70. The summed E-state index contributed by atoms with van der Waals surface area (Å²) in [5.41, 5.74) is 2.53. The fraction of sp³-hybridized carbons (Fsp3) is 0.348. The van der Waals surface area contributed by atoms with Crippen molar-refractivity contribution >= 4 is 17.4 Å². The van der Waals surface area contributed by atoms with E-state index < -0.39 is 0 Å². The minimum absolute atomic E-state index is 0.212. The van der Waals surface area contributed by atoms with Gasteiger partial charge in [-0.3, -0.25) is 19.5 Å². The smallest absolute Gasteiger partial charge is 0.278 e. The van der Waals surface area contributed by atoms with Gasteiger partial charge < -0.3 is 14.5 Å². The van der Waals surface area contributed by atoms with Crippen LogP contribution in [0, 0.1) is 0 Å². The minimum atomic E-state index is -0.262. The maximum Gasteiger partial charge on any atom is 0.278 e. The lowest BCUT2D eigenvalue weighted by Gasteiger charge is -2.34. The number of imide groups is 1. The molecule has 0 saturated carbocycles. The Bertz CT molecular complexity index is 948. The minimum Gasteiger partial charge on any atom is -0.494 e. The summed E-state index contributed by atoms with van der Waals surface area (Å²) in [5, 5.41) is 0. The van der Waals surface area contributed by atoms with Crippen LogP contribution in [0.4, 0.5) is 0 Å². The highest BCUT2D eigenvalue weighted by molar-refractivity contribution is 6.35. The summed E-state index contributed by atoms with van der Waals surface area (Å²) in [6, 6.07) is 11.1. The van der Waals surface area contributed by atoms with E-state index in [1.807, 2.05) is 43.3 Å². The van der Waals surface area contributed by atoms with Crippen LogP contribution in [-0.2, 0) is 16.1 Å². The van der Waals surface area contributed by atoms with Crippen molar-refractivity contribution in [3.8, 4) is 5.75 Å². The number of aromatic nitrogens is 1. The Morgan fingerprint density at radius 1 is 1.00 bits per heavy atom. The van der Waals surface area contributed by atoms with E-state index in [2.05, 4.69) is 21.8 Å². The molecule has 3 heterocycles. The van der Waals surface area contributed by atoms with Crippen molar-refractivity contribution in [2.45, 2.75) is 13.5 Å². The van der Waals surface area contributed by atoms with Crippen molar-refractivity contribution in [1.82, 2.24) is 19.7 Å². The Hall–Kier alpha value is -3.19. The molecule has 0 bridgehead atoms. The van der Waals surface area contributed by atoms with Gasteiger partial charge in [0.05, 0.1) is 18.7 Å². The largest absolute Gasteiger partial charge is 0.494 e. The number of piperazine rings is 1. The molecular weight excluding hydrogens is 380 g/mol. The topological polar surface area (TPSA) is 66.0 Å². The molecule has 2 aromatic rings. The van der Waals surface area contributed by atoms with Crippen molar-refractivity contribution in [3.05, 3.63) is 65.6 Å². The van der Waals surface area contributed by atoms with Gasteiger partial charge in [-0.2, -0.15) is 0 Å². The lowest BCUT2D eigenvalue weighted by molar-refractivity contribution is -0.138. The predicted octanol–water partition coefficient (Wildman–Crippen LogP) is 2.01. The highest BCUT2D eigenvalue weighted by Crippen LogP contribution is 2.33. The molecule has 4 rings (SSSR count). The zero-order valence-electron chi connectivity index (χ0n) is 17.4. The van der Waals surface area contributed by atoms with Crippen LogP contribution in [0.2, 0.25) is 0 Å². The lowest BCUT2D eigenvalue weighted by atomic mass is 10.0. The number of pyridine rings is 1. The van der Waals surface area contributed by atoms with Gasteiger partial charge in [-0.15, -0.1) is 0 Å². The van der Waals surface area contributed by atoms with Crippen LogP contribution in [0.15, 0.2) is 54.5 Å². The molecule has 30 heavy (non-hydrogen) atoms. The quantitative estimate of drug-likeness (QED) is 0.684. The molecular formula is C23H26N4O3. The van der Waals surface area contributed by atoms with E-state index in [0.29, 0.717) is 31.0 Å². The number of likely N-dealkylation sites (N-methyl/N-ethyl adjacent to an activating group) is 1. The molecule has 0 radical (unpaired) electrons. The van der Waals surface area contributed by atoms with Crippen LogP contribution in [0.3, 0.4) is 0 Å². The second-order valence-corrected chi connectivity index (χ2v) is 7.53. The molecule has 0 unspecified atom stereocenters. The van der Waals surface area contributed by atoms with Crippen molar-refractivity contribution in [2.75, 3.05) is 39.8 Å². The first kappa shape index (κ1) is 20.1. The van der Waals surface area contributed by atoms with Gasteiger partial charge in [-0.25, -0.2) is 0 Å². The number of carbonyl (C=O) groups excluding carboxylic acids is 2. The average Bonchev–Trinajstić information content (AvgIpc) is 3.01. The van der Waals surface area contributed by atoms with Crippen LogP contribution < -0.4 is 4.74 Å². The molecule has 0 N–H and O–H groups in total. The summed E-state index contributed by atoms with van der Waals surface area (Å²) in [4.78, 5) is 36.5. The summed E-state index contributed by atoms with van der Waals surface area (Å²) in [6.07, 6.45) is 3.36. The van der Waals surface area contributed by atoms with Crippen LogP contribution in [0.5, 0.6) is 5.75 Å². The van der Waals surface area contributed by atoms with E-state index in [1.165, 1.54) is 4.90 Å². The van der Waals surface area contributed by atoms with Crippen LogP contribution >= 0.6 is 0 Å². The molecule has 2 aliphatic heterocycles. The third-order valence-electron chi connectivity index (χ3n) is 5.48. The number of carbonyl (C=O) groups is 2. The Kier molecular flexibility index (Phi) is 5.81. The first-order valence-corrected chi connectivity index (χ1v) is 10.2. The van der Waals surface area contributed by atoms with Crippen molar-refractivity contribution < 1.29 is 14.3 Å². The van der Waals surface area contributed by atoms with E-state index >= 15 is 0 Å². The molecule has 1 aromatic heterocycles. The van der Waals surface area contributed by atoms with E-state index in [1.54, 1.807) is 12.4 Å². The molecule has 1 aromatic carbocycles. The van der Waals surface area contributed by atoms with Crippen LogP contribution in [0.1, 0.15) is 18.1 Å². The molecule has 7 nitrogen and oxygen atoms in total. The van der Waals surface area contributed by atoms with Crippen molar-refractivity contribution in [2.24, 2.45) is 0 Å². The zero-order chi connectivity index (χ0) is 21.1. The zero-order valence-corrected chi connectivity index (χ0v) is 17.4. The van der Waals surface area contributed by atoms with Crippen molar-refractivity contribution in [1.29, 1.82) is 0 Å². The number of amides is 2. The Morgan fingerprint density at radius 2 is 1.73 bits per heavy atom. The van der Waals surface area contributed by atoms with Crippen LogP contribution in [0.25, 0.3) is 5.57 Å². The molecule has 2 amide bonds. The monoisotopic (exact) mass is 406 g/mol. The highest BCUT2D eigenvalue weighted by atomic mass is 16.5. The molecule has 2 aliphatic rings. The first-order valence-electron chi connectivity index (χ1n) is 10.2. The second kappa shape index (κ2) is 8.67. The molecule has 0 aliphatic carbocycles. The molecule has 7 heteroatoms. The summed E-state index contributed by atoms with van der Waals surface area (Å²) in [6.45, 7) is 5.85. The fourth-order valence-corrected chi connectivity index (χ4v) is 3.85. The summed E-state index contributed by atoms with van der Waals surface area (Å²) in [5.74, 6) is 0.242. The van der Waals surface area contributed by atoms with Gasteiger partial charge in [0.15, 0.2) is 0 Å². The van der Waals surface area contributed by atoms with Crippen molar-refractivity contribution in [3.63, 3.8) is 0 Å². The van der Waals surface area contributed by atoms with E-state index in [4.69, 9.17) is 4.74 Å². The van der Waals surface area contributed by atoms with Gasteiger partial charge >= 0.3 is 0 Å². The SMILES string of the molecule is CCOc1ccc(C2=C(N3CCN(C)CC3)C(=O)N(Cc3cccnc3)C2=O)cc1. The van der Waals surface area contributed by atoms with E-state index in [9.17, 15) is 9.59 Å². The standard InChI is InChI=1S/C23H26N4O3/c1-3-30-19-8-6-18(7-9-19)20-21(26-13-11-25(2)12-14-26)23(29)27(22(20)28)16-17-5-4-10-24-15-17/h4-10,15H,3,11-14,16H2,1-2H3. The first-order chi connectivity index (χ1) is 14.6. The fourth-order valence-electron chi connectivity index (χ4n) is 3.85. The molecule has 0 atom stereocenters. The van der Waals surface area contributed by atoms with Gasteiger partial charge in [-0.1, -0.05) is 18.2 Å². The molecule has 1 fully saturated rings. The predicted molar refractivity (Wildman–Crippen MR) is 113 cm³/mol. The highest BCUT2D eigenvalue weighted by Gasteiger charge is 2.42. The Morgan fingerprint density at radius 3 is 2.37 bits per heavy atom.